The molecular weight excluding hydrogens is 224 g/mol. The van der Waals surface area contributed by atoms with E-state index in [9.17, 15) is 4.79 Å². The minimum absolute atomic E-state index is 0.347. The van der Waals surface area contributed by atoms with E-state index in [4.69, 9.17) is 0 Å². The van der Waals surface area contributed by atoms with Crippen molar-refractivity contribution in [2.24, 2.45) is 5.92 Å². The number of carbonyl (C=O) groups is 1. The molecule has 3 nitrogen and oxygen atoms in total. The van der Waals surface area contributed by atoms with E-state index in [0.717, 1.165) is 44.8 Å². The van der Waals surface area contributed by atoms with Crippen LogP contribution in [0.5, 0.6) is 0 Å². The molecule has 1 saturated heterocycles. The van der Waals surface area contributed by atoms with Crippen LogP contribution in [0.2, 0.25) is 0 Å². The molecule has 0 radical (unpaired) electrons. The fourth-order valence-electron chi connectivity index (χ4n) is 2.80. The molecule has 1 heterocycles. The molecule has 102 valence electrons. The van der Waals surface area contributed by atoms with Crippen LogP contribution in [0.25, 0.3) is 0 Å². The van der Waals surface area contributed by atoms with E-state index >= 15 is 0 Å². The molecule has 0 aromatic rings. The molecular formula is C15H26N2O. The van der Waals surface area contributed by atoms with E-state index in [1.54, 1.807) is 0 Å². The van der Waals surface area contributed by atoms with Gasteiger partial charge in [0.05, 0.1) is 0 Å². The topological polar surface area (TPSA) is 32.3 Å². The fourth-order valence-corrected chi connectivity index (χ4v) is 2.80. The van der Waals surface area contributed by atoms with Gasteiger partial charge >= 0.3 is 0 Å². The quantitative estimate of drug-likeness (QED) is 0.734. The summed E-state index contributed by atoms with van der Waals surface area (Å²) in [6.45, 7) is 5.26. The smallest absolute Gasteiger partial charge is 0.222 e. The Hall–Kier alpha value is -0.830. The van der Waals surface area contributed by atoms with Crippen LogP contribution in [0.3, 0.4) is 0 Å². The molecule has 1 N–H and O–H groups in total. The van der Waals surface area contributed by atoms with E-state index < -0.39 is 0 Å². The number of hydrogen-bond donors (Lipinski definition) is 1. The molecule has 0 aromatic carbocycles. The van der Waals surface area contributed by atoms with Gasteiger partial charge in [0.1, 0.15) is 0 Å². The van der Waals surface area contributed by atoms with Crippen molar-refractivity contribution in [2.45, 2.75) is 51.5 Å². The van der Waals surface area contributed by atoms with Crippen LogP contribution in [0, 0.1) is 5.92 Å². The van der Waals surface area contributed by atoms with Gasteiger partial charge in [0.15, 0.2) is 0 Å². The number of hydrogen-bond acceptors (Lipinski definition) is 2. The van der Waals surface area contributed by atoms with E-state index in [-0.39, 0.29) is 0 Å². The first-order valence-electron chi connectivity index (χ1n) is 7.42. The third-order valence-corrected chi connectivity index (χ3v) is 4.14. The lowest BCUT2D eigenvalue weighted by atomic mass is 9.94. The first kappa shape index (κ1) is 13.6. The highest BCUT2D eigenvalue weighted by molar-refractivity contribution is 5.77. The summed E-state index contributed by atoms with van der Waals surface area (Å²) in [7, 11) is 0. The number of allylic oxidation sites excluding steroid dienone is 2. The third-order valence-electron chi connectivity index (χ3n) is 4.14. The van der Waals surface area contributed by atoms with Crippen molar-refractivity contribution in [1.82, 2.24) is 10.2 Å². The normalized spacial score (nSPS) is 25.7. The summed E-state index contributed by atoms with van der Waals surface area (Å²) in [4.78, 5) is 13.5. The van der Waals surface area contributed by atoms with Gasteiger partial charge in [0.2, 0.25) is 5.91 Å². The molecule has 0 unspecified atom stereocenters. The monoisotopic (exact) mass is 250 g/mol. The molecule has 0 bridgehead atoms. The molecule has 0 aromatic heterocycles. The summed E-state index contributed by atoms with van der Waals surface area (Å²) >= 11 is 0. The SMILES string of the molecule is C[C@H](CCN1CCCC1=O)NC[C@H]1CC=CCC1. The summed E-state index contributed by atoms with van der Waals surface area (Å²) in [5.74, 6) is 1.16. The molecule has 0 saturated carbocycles. The number of likely N-dealkylation sites (tertiary alicyclic amines) is 1. The Labute approximate surface area is 111 Å². The first-order valence-corrected chi connectivity index (χ1v) is 7.42. The van der Waals surface area contributed by atoms with E-state index in [1.807, 2.05) is 4.90 Å². The van der Waals surface area contributed by atoms with Crippen molar-refractivity contribution in [3.63, 3.8) is 0 Å². The number of rotatable bonds is 6. The third kappa shape index (κ3) is 4.13. The first-order chi connectivity index (χ1) is 8.75. The lowest BCUT2D eigenvalue weighted by Crippen LogP contribution is -2.35. The molecule has 2 atom stereocenters. The van der Waals surface area contributed by atoms with Gasteiger partial charge in [-0.05, 0) is 51.5 Å². The van der Waals surface area contributed by atoms with E-state index in [0.29, 0.717) is 11.9 Å². The van der Waals surface area contributed by atoms with Crippen LogP contribution in [-0.4, -0.2) is 36.5 Å². The van der Waals surface area contributed by atoms with Crippen molar-refractivity contribution < 1.29 is 4.79 Å². The Balaban J connectivity index is 1.58. The van der Waals surface area contributed by atoms with E-state index in [1.165, 1.54) is 19.3 Å². The zero-order chi connectivity index (χ0) is 12.8. The van der Waals surface area contributed by atoms with Crippen LogP contribution < -0.4 is 5.32 Å². The van der Waals surface area contributed by atoms with Gasteiger partial charge in [-0.3, -0.25) is 4.79 Å². The second kappa shape index (κ2) is 6.93. The zero-order valence-corrected chi connectivity index (χ0v) is 11.5. The van der Waals surface area contributed by atoms with Gasteiger partial charge < -0.3 is 10.2 Å². The van der Waals surface area contributed by atoms with Crippen LogP contribution >= 0.6 is 0 Å². The maximum absolute atomic E-state index is 11.5. The highest BCUT2D eigenvalue weighted by Gasteiger charge is 2.20. The summed E-state index contributed by atoms with van der Waals surface area (Å²) in [5.41, 5.74) is 0. The largest absolute Gasteiger partial charge is 0.343 e. The summed E-state index contributed by atoms with van der Waals surface area (Å²) in [6, 6.07) is 0.518. The lowest BCUT2D eigenvalue weighted by molar-refractivity contribution is -0.127. The van der Waals surface area contributed by atoms with Crippen molar-refractivity contribution >= 4 is 5.91 Å². The van der Waals surface area contributed by atoms with Gasteiger partial charge in [-0.2, -0.15) is 0 Å². The van der Waals surface area contributed by atoms with Crippen LogP contribution in [0.4, 0.5) is 0 Å². The van der Waals surface area contributed by atoms with Crippen molar-refractivity contribution in [1.29, 1.82) is 0 Å². The van der Waals surface area contributed by atoms with Gasteiger partial charge in [-0.1, -0.05) is 12.2 Å². The Morgan fingerprint density at radius 3 is 3.06 bits per heavy atom. The number of nitrogens with one attached hydrogen (secondary N) is 1. The zero-order valence-electron chi connectivity index (χ0n) is 11.5. The Morgan fingerprint density at radius 1 is 1.50 bits per heavy atom. The van der Waals surface area contributed by atoms with Gasteiger partial charge in [0.25, 0.3) is 0 Å². The number of carbonyl (C=O) groups excluding carboxylic acids is 1. The second-order valence-electron chi connectivity index (χ2n) is 5.73. The second-order valence-corrected chi connectivity index (χ2v) is 5.73. The predicted octanol–water partition coefficient (Wildman–Crippen LogP) is 2.33. The molecule has 1 fully saturated rings. The van der Waals surface area contributed by atoms with Crippen molar-refractivity contribution in [2.75, 3.05) is 19.6 Å². The van der Waals surface area contributed by atoms with Gasteiger partial charge in [-0.25, -0.2) is 0 Å². The lowest BCUT2D eigenvalue weighted by Gasteiger charge is -2.23. The number of amides is 1. The van der Waals surface area contributed by atoms with Crippen LogP contribution in [-0.2, 0) is 4.79 Å². The average Bonchev–Trinajstić information content (AvgIpc) is 2.81. The summed E-state index contributed by atoms with van der Waals surface area (Å²) in [6.07, 6.45) is 11.3. The molecule has 3 heteroatoms. The minimum atomic E-state index is 0.347. The summed E-state index contributed by atoms with van der Waals surface area (Å²) in [5, 5.41) is 3.62. The molecule has 0 spiro atoms. The molecule has 1 amide bonds. The Morgan fingerprint density at radius 2 is 2.39 bits per heavy atom. The van der Waals surface area contributed by atoms with Gasteiger partial charge in [-0.15, -0.1) is 0 Å². The Bertz CT molecular complexity index is 301. The maximum Gasteiger partial charge on any atom is 0.222 e. The van der Waals surface area contributed by atoms with Crippen LogP contribution in [0.1, 0.15) is 45.4 Å². The maximum atomic E-state index is 11.5. The van der Waals surface area contributed by atoms with Gasteiger partial charge in [0, 0.05) is 25.6 Å². The highest BCUT2D eigenvalue weighted by atomic mass is 16.2. The number of nitrogens with zero attached hydrogens (tertiary/aromatic N) is 1. The molecule has 18 heavy (non-hydrogen) atoms. The molecule has 1 aliphatic heterocycles. The average molecular weight is 250 g/mol. The van der Waals surface area contributed by atoms with Crippen molar-refractivity contribution in [3.05, 3.63) is 12.2 Å². The fraction of sp³-hybridized carbons (Fsp3) is 0.800. The molecule has 2 aliphatic rings. The van der Waals surface area contributed by atoms with E-state index in [2.05, 4.69) is 24.4 Å². The summed E-state index contributed by atoms with van der Waals surface area (Å²) < 4.78 is 0. The highest BCUT2D eigenvalue weighted by Crippen LogP contribution is 2.17. The molecule has 1 aliphatic carbocycles. The minimum Gasteiger partial charge on any atom is -0.343 e. The predicted molar refractivity (Wildman–Crippen MR) is 74.4 cm³/mol. The standard InChI is InChI=1S/C15H26N2O/c1-13(9-11-17-10-5-8-15(17)18)16-12-14-6-3-2-4-7-14/h2-3,13-14,16H,4-12H2,1H3/t13-,14+/m1/s1. The van der Waals surface area contributed by atoms with Crippen molar-refractivity contribution in [3.8, 4) is 0 Å². The molecule has 2 rings (SSSR count). The Kier molecular flexibility index (Phi) is 5.24. The van der Waals surface area contributed by atoms with Crippen LogP contribution in [0.15, 0.2) is 12.2 Å².